The maximum Gasteiger partial charge on any atom is 0.336 e. The molecule has 0 aliphatic heterocycles. The number of halogens is 2. The van der Waals surface area contributed by atoms with Crippen molar-refractivity contribution >= 4 is 50.9 Å². The van der Waals surface area contributed by atoms with Gasteiger partial charge >= 0.3 is 11.9 Å². The molecule has 0 atom stereocenters. The number of carboxylic acid groups (broad SMARTS) is 2. The second-order valence-electron chi connectivity index (χ2n) is 4.55. The van der Waals surface area contributed by atoms with E-state index in [1.54, 1.807) is 0 Å². The molecule has 0 unspecified atom stereocenters. The lowest BCUT2D eigenvalue weighted by molar-refractivity contribution is 0.0651. The monoisotopic (exact) mass is 389 g/mol. The molecule has 2 aromatic carbocycles. The van der Waals surface area contributed by atoms with Gasteiger partial charge in [-0.15, -0.1) is 0 Å². The van der Waals surface area contributed by atoms with Gasteiger partial charge in [-0.1, -0.05) is 23.2 Å². The van der Waals surface area contributed by atoms with E-state index < -0.39 is 38.0 Å². The molecule has 126 valence electrons. The van der Waals surface area contributed by atoms with E-state index in [-0.39, 0.29) is 15.7 Å². The number of hydrogen-bond acceptors (Lipinski definition) is 4. The first kappa shape index (κ1) is 18.1. The largest absolute Gasteiger partial charge is 0.478 e. The summed E-state index contributed by atoms with van der Waals surface area (Å²) in [6.07, 6.45) is 0. The summed E-state index contributed by atoms with van der Waals surface area (Å²) in [5.74, 6) is -3.05. The number of aromatic carboxylic acids is 2. The summed E-state index contributed by atoms with van der Waals surface area (Å²) in [6.45, 7) is 0. The van der Waals surface area contributed by atoms with Crippen LogP contribution in [0.3, 0.4) is 0 Å². The molecule has 0 fully saturated rings. The SMILES string of the molecule is O=C(O)c1ccc(S(=O)(=O)Nc2cc(Cl)ccc2Cl)cc1C(=O)O. The summed E-state index contributed by atoms with van der Waals surface area (Å²) in [5.41, 5.74) is -1.17. The number of benzene rings is 2. The van der Waals surface area contributed by atoms with Gasteiger partial charge in [-0.2, -0.15) is 0 Å². The van der Waals surface area contributed by atoms with Gasteiger partial charge in [0, 0.05) is 5.02 Å². The first-order valence-electron chi connectivity index (χ1n) is 6.20. The lowest BCUT2D eigenvalue weighted by Crippen LogP contribution is -2.16. The molecule has 0 aromatic heterocycles. The Labute approximate surface area is 146 Å². The maximum atomic E-state index is 12.4. The summed E-state index contributed by atoms with van der Waals surface area (Å²) in [4.78, 5) is 21.7. The Balaban J connectivity index is 2.50. The normalized spacial score (nSPS) is 11.1. The zero-order chi connectivity index (χ0) is 18.1. The molecule has 0 aliphatic rings. The number of carboxylic acids is 2. The van der Waals surface area contributed by atoms with Gasteiger partial charge < -0.3 is 10.2 Å². The van der Waals surface area contributed by atoms with Crippen molar-refractivity contribution in [2.75, 3.05) is 4.72 Å². The van der Waals surface area contributed by atoms with Crippen LogP contribution in [0.15, 0.2) is 41.3 Å². The van der Waals surface area contributed by atoms with Crippen LogP contribution in [0.5, 0.6) is 0 Å². The number of anilines is 1. The minimum absolute atomic E-state index is 0.00310. The predicted octanol–water partition coefficient (Wildman–Crippen LogP) is 3.19. The zero-order valence-electron chi connectivity index (χ0n) is 11.7. The van der Waals surface area contributed by atoms with Gasteiger partial charge in [0.25, 0.3) is 10.0 Å². The Morgan fingerprint density at radius 3 is 2.12 bits per heavy atom. The number of nitrogens with one attached hydrogen (secondary N) is 1. The standard InChI is InChI=1S/C14H9Cl2NO6S/c15-7-1-4-11(16)12(5-7)17-24(22,23)8-2-3-9(13(18)19)10(6-8)14(20)21/h1-6,17H,(H,18,19)(H,20,21). The molecule has 3 N–H and O–H groups in total. The summed E-state index contributed by atoms with van der Waals surface area (Å²) in [7, 11) is -4.20. The fraction of sp³-hybridized carbons (Fsp3) is 0. The minimum Gasteiger partial charge on any atom is -0.478 e. The van der Waals surface area contributed by atoms with Crippen molar-refractivity contribution in [2.45, 2.75) is 4.90 Å². The molecular weight excluding hydrogens is 381 g/mol. The van der Waals surface area contributed by atoms with Crippen LogP contribution in [0, 0.1) is 0 Å². The summed E-state index contributed by atoms with van der Waals surface area (Å²) in [6, 6.07) is 6.78. The van der Waals surface area contributed by atoms with Crippen molar-refractivity contribution in [1.29, 1.82) is 0 Å². The smallest absolute Gasteiger partial charge is 0.336 e. The van der Waals surface area contributed by atoms with Crippen molar-refractivity contribution in [2.24, 2.45) is 0 Å². The molecular formula is C14H9Cl2NO6S. The average molecular weight is 390 g/mol. The highest BCUT2D eigenvalue weighted by atomic mass is 35.5. The van der Waals surface area contributed by atoms with Crippen LogP contribution in [-0.4, -0.2) is 30.6 Å². The van der Waals surface area contributed by atoms with Crippen LogP contribution in [0.4, 0.5) is 5.69 Å². The molecule has 0 bridgehead atoms. The average Bonchev–Trinajstić information content (AvgIpc) is 2.50. The molecule has 0 heterocycles. The Morgan fingerprint density at radius 2 is 1.54 bits per heavy atom. The third kappa shape index (κ3) is 3.78. The van der Waals surface area contributed by atoms with Crippen LogP contribution in [0.1, 0.15) is 20.7 Å². The number of carbonyl (C=O) groups is 2. The first-order valence-corrected chi connectivity index (χ1v) is 8.44. The highest BCUT2D eigenvalue weighted by molar-refractivity contribution is 7.92. The minimum atomic E-state index is -4.20. The topological polar surface area (TPSA) is 121 Å². The van der Waals surface area contributed by atoms with Gasteiger partial charge in [0.15, 0.2) is 0 Å². The molecule has 0 aliphatic carbocycles. The van der Waals surface area contributed by atoms with Crippen molar-refractivity contribution in [3.05, 3.63) is 57.6 Å². The van der Waals surface area contributed by atoms with Crippen LogP contribution in [-0.2, 0) is 10.0 Å². The second kappa shape index (κ2) is 6.68. The lowest BCUT2D eigenvalue weighted by atomic mass is 10.1. The highest BCUT2D eigenvalue weighted by Gasteiger charge is 2.22. The third-order valence-electron chi connectivity index (χ3n) is 2.93. The van der Waals surface area contributed by atoms with E-state index in [1.807, 2.05) is 0 Å². The zero-order valence-corrected chi connectivity index (χ0v) is 14.0. The summed E-state index contributed by atoms with van der Waals surface area (Å²) in [5, 5.41) is 18.3. The third-order valence-corrected chi connectivity index (χ3v) is 4.86. The van der Waals surface area contributed by atoms with Crippen molar-refractivity contribution in [3.63, 3.8) is 0 Å². The van der Waals surface area contributed by atoms with Gasteiger partial charge in [-0.3, -0.25) is 4.72 Å². The van der Waals surface area contributed by atoms with E-state index in [0.717, 1.165) is 18.2 Å². The molecule has 0 spiro atoms. The van der Waals surface area contributed by atoms with E-state index >= 15 is 0 Å². The van der Waals surface area contributed by atoms with Gasteiger partial charge in [0.05, 0.1) is 26.7 Å². The summed E-state index contributed by atoms with van der Waals surface area (Å²) >= 11 is 11.7. The Morgan fingerprint density at radius 1 is 0.917 bits per heavy atom. The maximum absolute atomic E-state index is 12.4. The molecule has 0 amide bonds. The van der Waals surface area contributed by atoms with Gasteiger partial charge in [0.1, 0.15) is 0 Å². The molecule has 2 rings (SSSR count). The molecule has 2 aromatic rings. The molecule has 0 saturated heterocycles. The van der Waals surface area contributed by atoms with E-state index in [1.165, 1.54) is 18.2 Å². The predicted molar refractivity (Wildman–Crippen MR) is 87.6 cm³/mol. The molecule has 7 nitrogen and oxygen atoms in total. The molecule has 0 saturated carbocycles. The number of rotatable bonds is 5. The van der Waals surface area contributed by atoms with Crippen molar-refractivity contribution in [1.82, 2.24) is 0 Å². The van der Waals surface area contributed by atoms with E-state index in [4.69, 9.17) is 33.4 Å². The number of hydrogen-bond donors (Lipinski definition) is 3. The van der Waals surface area contributed by atoms with Crippen LogP contribution in [0.2, 0.25) is 10.0 Å². The lowest BCUT2D eigenvalue weighted by Gasteiger charge is -2.11. The summed E-state index contributed by atoms with van der Waals surface area (Å²) < 4.78 is 26.9. The van der Waals surface area contributed by atoms with E-state index in [9.17, 15) is 18.0 Å². The second-order valence-corrected chi connectivity index (χ2v) is 7.07. The molecule has 10 heteroatoms. The Bertz CT molecular complexity index is 942. The number of sulfonamides is 1. The van der Waals surface area contributed by atoms with Gasteiger partial charge in [-0.05, 0) is 36.4 Å². The first-order chi connectivity index (χ1) is 11.1. The van der Waals surface area contributed by atoms with Crippen LogP contribution >= 0.6 is 23.2 Å². The van der Waals surface area contributed by atoms with Gasteiger partial charge in [0.2, 0.25) is 0 Å². The fourth-order valence-corrected chi connectivity index (χ4v) is 3.32. The van der Waals surface area contributed by atoms with Gasteiger partial charge in [-0.25, -0.2) is 18.0 Å². The van der Waals surface area contributed by atoms with Crippen molar-refractivity contribution in [3.8, 4) is 0 Å². The van der Waals surface area contributed by atoms with Crippen LogP contribution < -0.4 is 4.72 Å². The van der Waals surface area contributed by atoms with E-state index in [2.05, 4.69) is 4.72 Å². The Hall–Kier alpha value is -2.29. The molecule has 24 heavy (non-hydrogen) atoms. The quantitative estimate of drug-likeness (QED) is 0.721. The van der Waals surface area contributed by atoms with Crippen molar-refractivity contribution < 1.29 is 28.2 Å². The fourth-order valence-electron chi connectivity index (χ4n) is 1.83. The Kier molecular flexibility index (Phi) is 5.02. The highest BCUT2D eigenvalue weighted by Crippen LogP contribution is 2.28. The van der Waals surface area contributed by atoms with Crippen LogP contribution in [0.25, 0.3) is 0 Å². The van der Waals surface area contributed by atoms with E-state index in [0.29, 0.717) is 0 Å². The molecule has 0 radical (unpaired) electrons.